The van der Waals surface area contributed by atoms with Crippen molar-refractivity contribution in [3.8, 4) is 10.4 Å². The summed E-state index contributed by atoms with van der Waals surface area (Å²) in [4.78, 5) is 1.26. The van der Waals surface area contributed by atoms with Gasteiger partial charge in [-0.3, -0.25) is 0 Å². The monoisotopic (exact) mass is 135 g/mol. The van der Waals surface area contributed by atoms with Gasteiger partial charge in [0.15, 0.2) is 0 Å². The molecule has 2 rings (SSSR count). The van der Waals surface area contributed by atoms with Gasteiger partial charge in [0.25, 0.3) is 0 Å². The van der Waals surface area contributed by atoms with Crippen molar-refractivity contribution in [3.63, 3.8) is 0 Å². The van der Waals surface area contributed by atoms with Crippen LogP contribution in [-0.4, -0.2) is 4.37 Å². The summed E-state index contributed by atoms with van der Waals surface area (Å²) in [6.07, 6.45) is 1.83. The Balaban J connectivity index is 2.79. The fourth-order valence-electron chi connectivity index (χ4n) is 0.836. The quantitative estimate of drug-likeness (QED) is 0.540. The van der Waals surface area contributed by atoms with Gasteiger partial charge in [0, 0.05) is 6.20 Å². The molecule has 44 valence electrons. The molecule has 1 nitrogen and oxygen atoms in total. The molecule has 1 aliphatic heterocycles. The van der Waals surface area contributed by atoms with Crippen LogP contribution < -0.4 is 0 Å². The minimum atomic E-state index is 1.26. The van der Waals surface area contributed by atoms with E-state index in [0.29, 0.717) is 0 Å². The molecule has 0 fully saturated rings. The Kier molecular flexibility index (Phi) is 0.993. The SMILES string of the molecule is c1cc2ccnsc-2c1. The Hall–Kier alpha value is -0.890. The second-order valence-corrected chi connectivity index (χ2v) is 2.69. The molecule has 0 aromatic carbocycles. The average Bonchev–Trinajstić information content (AvgIpc) is 2.33. The number of hydrogen-bond donors (Lipinski definition) is 0. The van der Waals surface area contributed by atoms with E-state index in [0.717, 1.165) is 0 Å². The fraction of sp³-hybridized carbons (Fsp3) is 0. The van der Waals surface area contributed by atoms with E-state index in [1.54, 1.807) is 0 Å². The normalized spacial score (nSPS) is 10.2. The first kappa shape index (κ1) is 4.94. The van der Waals surface area contributed by atoms with Crippen LogP contribution in [-0.2, 0) is 0 Å². The standard InChI is InChI=1S/C7H5NS/c1-2-6-4-5-8-9-7(6)3-1/h1-5H. The summed E-state index contributed by atoms with van der Waals surface area (Å²) < 4.78 is 4.03. The number of hydrogen-bond acceptors (Lipinski definition) is 2. The molecule has 9 heavy (non-hydrogen) atoms. The molecule has 0 N–H and O–H groups in total. The Morgan fingerprint density at radius 3 is 3.11 bits per heavy atom. The van der Waals surface area contributed by atoms with Gasteiger partial charge in [-0.2, -0.15) is 0 Å². The maximum atomic E-state index is 4.03. The summed E-state index contributed by atoms with van der Waals surface area (Å²) in [5, 5.41) is 0. The van der Waals surface area contributed by atoms with E-state index in [4.69, 9.17) is 0 Å². The average molecular weight is 135 g/mol. The molecule has 0 aromatic rings. The van der Waals surface area contributed by atoms with Crippen LogP contribution in [0.15, 0.2) is 30.5 Å². The summed E-state index contributed by atoms with van der Waals surface area (Å²) in [5.41, 5.74) is 1.29. The Bertz CT molecular complexity index is 249. The third-order valence-corrected chi connectivity index (χ3v) is 2.07. The van der Waals surface area contributed by atoms with Crippen LogP contribution in [0.1, 0.15) is 0 Å². The second kappa shape index (κ2) is 1.81. The summed E-state index contributed by atoms with van der Waals surface area (Å²) in [6.45, 7) is 0. The molecule has 0 saturated carbocycles. The smallest absolute Gasteiger partial charge is 0.0534 e. The first-order valence-electron chi connectivity index (χ1n) is 2.76. The summed E-state index contributed by atoms with van der Waals surface area (Å²) in [6, 6.07) is 8.23. The number of rotatable bonds is 0. The molecule has 1 aliphatic carbocycles. The highest BCUT2D eigenvalue weighted by molar-refractivity contribution is 7.09. The summed E-state index contributed by atoms with van der Waals surface area (Å²) in [7, 11) is 0. The third-order valence-electron chi connectivity index (χ3n) is 1.27. The van der Waals surface area contributed by atoms with Crippen molar-refractivity contribution < 1.29 is 0 Å². The van der Waals surface area contributed by atoms with Crippen LogP contribution in [0, 0.1) is 0 Å². The van der Waals surface area contributed by atoms with E-state index in [1.807, 2.05) is 18.3 Å². The van der Waals surface area contributed by atoms with Crippen molar-refractivity contribution in [2.24, 2.45) is 0 Å². The van der Waals surface area contributed by atoms with Gasteiger partial charge in [-0.1, -0.05) is 12.1 Å². The molecule has 0 amide bonds. The number of nitrogens with zero attached hydrogens (tertiary/aromatic N) is 1. The molecule has 0 spiro atoms. The van der Waals surface area contributed by atoms with Crippen molar-refractivity contribution in [1.29, 1.82) is 0 Å². The maximum Gasteiger partial charge on any atom is 0.0534 e. The van der Waals surface area contributed by atoms with E-state index in [9.17, 15) is 0 Å². The zero-order chi connectivity index (χ0) is 6.10. The van der Waals surface area contributed by atoms with Gasteiger partial charge in [0.2, 0.25) is 0 Å². The predicted octanol–water partition coefficient (Wildman–Crippen LogP) is 2.25. The first-order chi connectivity index (χ1) is 4.47. The summed E-state index contributed by atoms with van der Waals surface area (Å²) >= 11 is 1.53. The van der Waals surface area contributed by atoms with E-state index in [-0.39, 0.29) is 0 Å². The zero-order valence-corrected chi connectivity index (χ0v) is 5.56. The molecule has 0 saturated heterocycles. The van der Waals surface area contributed by atoms with E-state index in [2.05, 4.69) is 16.5 Å². The van der Waals surface area contributed by atoms with Crippen molar-refractivity contribution >= 4 is 11.5 Å². The van der Waals surface area contributed by atoms with E-state index in [1.165, 1.54) is 22.0 Å². The molecule has 0 aromatic heterocycles. The maximum absolute atomic E-state index is 4.03. The minimum Gasteiger partial charge on any atom is -0.201 e. The largest absolute Gasteiger partial charge is 0.201 e. The Morgan fingerprint density at radius 2 is 2.22 bits per heavy atom. The van der Waals surface area contributed by atoms with Gasteiger partial charge in [0.05, 0.1) is 4.88 Å². The third kappa shape index (κ3) is 0.715. The highest BCUT2D eigenvalue weighted by atomic mass is 32.1. The molecule has 0 unspecified atom stereocenters. The first-order valence-corrected chi connectivity index (χ1v) is 3.53. The molecule has 1 heterocycles. The molecule has 2 heteroatoms. The van der Waals surface area contributed by atoms with Gasteiger partial charge >= 0.3 is 0 Å². The molecule has 0 atom stereocenters. The number of aromatic nitrogens is 1. The van der Waals surface area contributed by atoms with E-state index < -0.39 is 0 Å². The lowest BCUT2D eigenvalue weighted by Gasteiger charge is -1.90. The van der Waals surface area contributed by atoms with Crippen LogP contribution in [0.5, 0.6) is 0 Å². The van der Waals surface area contributed by atoms with Crippen LogP contribution in [0.3, 0.4) is 0 Å². The van der Waals surface area contributed by atoms with Gasteiger partial charge in [-0.05, 0) is 29.2 Å². The number of fused-ring (bicyclic) bond motifs is 1. The van der Waals surface area contributed by atoms with Crippen molar-refractivity contribution in [2.45, 2.75) is 0 Å². The Morgan fingerprint density at radius 1 is 1.22 bits per heavy atom. The topological polar surface area (TPSA) is 12.9 Å². The molecule has 0 bridgehead atoms. The van der Waals surface area contributed by atoms with Gasteiger partial charge in [0.1, 0.15) is 0 Å². The second-order valence-electron chi connectivity index (χ2n) is 1.86. The lowest BCUT2D eigenvalue weighted by molar-refractivity contribution is 1.53. The van der Waals surface area contributed by atoms with Crippen LogP contribution in [0.25, 0.3) is 10.4 Å². The molecule has 2 aliphatic rings. The fourth-order valence-corrected chi connectivity index (χ4v) is 1.45. The lowest BCUT2D eigenvalue weighted by Crippen LogP contribution is -1.67. The van der Waals surface area contributed by atoms with Crippen molar-refractivity contribution in [3.05, 3.63) is 30.5 Å². The van der Waals surface area contributed by atoms with Crippen molar-refractivity contribution in [1.82, 2.24) is 4.37 Å². The Labute approximate surface area is 57.5 Å². The van der Waals surface area contributed by atoms with Gasteiger partial charge < -0.3 is 0 Å². The molecule has 0 radical (unpaired) electrons. The lowest BCUT2D eigenvalue weighted by atomic mass is 10.3. The zero-order valence-electron chi connectivity index (χ0n) is 4.74. The highest BCUT2D eigenvalue weighted by Gasteiger charge is 1.97. The van der Waals surface area contributed by atoms with Crippen molar-refractivity contribution in [2.75, 3.05) is 0 Å². The molecular formula is C7H5NS. The van der Waals surface area contributed by atoms with Crippen LogP contribution >= 0.6 is 11.5 Å². The summed E-state index contributed by atoms with van der Waals surface area (Å²) in [5.74, 6) is 0. The van der Waals surface area contributed by atoms with Gasteiger partial charge in [-0.25, -0.2) is 4.37 Å². The molecular weight excluding hydrogens is 130 g/mol. The van der Waals surface area contributed by atoms with E-state index >= 15 is 0 Å². The van der Waals surface area contributed by atoms with Crippen LogP contribution in [0.4, 0.5) is 0 Å². The van der Waals surface area contributed by atoms with Crippen LogP contribution in [0.2, 0.25) is 0 Å². The van der Waals surface area contributed by atoms with Gasteiger partial charge in [-0.15, -0.1) is 0 Å². The minimum absolute atomic E-state index is 1.26. The highest BCUT2D eigenvalue weighted by Crippen LogP contribution is 2.23. The predicted molar refractivity (Wildman–Crippen MR) is 38.7 cm³/mol.